The second-order valence-corrected chi connectivity index (χ2v) is 7.84. The number of sulfonamides is 1. The average molecular weight is 389 g/mol. The molecule has 8 heteroatoms. The molecular weight excluding hydrogens is 370 g/mol. The van der Waals surface area contributed by atoms with Crippen LogP contribution in [-0.2, 0) is 24.3 Å². The number of nitrogens with zero attached hydrogens (tertiary/aromatic N) is 1. The van der Waals surface area contributed by atoms with Crippen LogP contribution in [0.4, 0.5) is 4.79 Å². The van der Waals surface area contributed by atoms with Crippen molar-refractivity contribution in [3.63, 3.8) is 0 Å². The van der Waals surface area contributed by atoms with Crippen molar-refractivity contribution in [3.8, 4) is 0 Å². The molecule has 7 nitrogen and oxygen atoms in total. The zero-order valence-corrected chi connectivity index (χ0v) is 15.7. The van der Waals surface area contributed by atoms with Crippen molar-refractivity contribution in [2.45, 2.75) is 30.9 Å². The highest BCUT2D eigenvalue weighted by Gasteiger charge is 2.53. The largest absolute Gasteiger partial charge is 0.463 e. The maximum atomic E-state index is 13.1. The number of carbonyl (C=O) groups is 2. The zero-order chi connectivity index (χ0) is 19.6. The summed E-state index contributed by atoms with van der Waals surface area (Å²) < 4.78 is 37.0. The number of aryl methyl sites for hydroxylation is 1. The van der Waals surface area contributed by atoms with Crippen LogP contribution in [0.5, 0.6) is 0 Å². The van der Waals surface area contributed by atoms with E-state index in [0.29, 0.717) is 9.87 Å². The molecule has 1 saturated heterocycles. The molecule has 2 aromatic rings. The lowest BCUT2D eigenvalue weighted by Gasteiger charge is -2.23. The molecule has 3 rings (SSSR count). The van der Waals surface area contributed by atoms with Gasteiger partial charge in [0.2, 0.25) is 6.10 Å². The van der Waals surface area contributed by atoms with Gasteiger partial charge in [0.25, 0.3) is 10.0 Å². The minimum absolute atomic E-state index is 0.0597. The van der Waals surface area contributed by atoms with E-state index in [1.807, 2.05) is 6.92 Å². The summed E-state index contributed by atoms with van der Waals surface area (Å²) >= 11 is 0. The Hall–Kier alpha value is -2.87. The molecule has 2 atom stereocenters. The van der Waals surface area contributed by atoms with Gasteiger partial charge in [0.05, 0.1) is 11.5 Å². The van der Waals surface area contributed by atoms with E-state index in [9.17, 15) is 18.0 Å². The van der Waals surface area contributed by atoms with Gasteiger partial charge in [-0.2, -0.15) is 4.31 Å². The van der Waals surface area contributed by atoms with E-state index in [2.05, 4.69) is 0 Å². The smallest absolute Gasteiger partial charge is 0.425 e. The van der Waals surface area contributed by atoms with Gasteiger partial charge in [-0.25, -0.2) is 18.0 Å². The third-order valence-electron chi connectivity index (χ3n) is 4.18. The number of amides is 1. The van der Waals surface area contributed by atoms with Crippen LogP contribution >= 0.6 is 0 Å². The quantitative estimate of drug-likeness (QED) is 0.731. The van der Waals surface area contributed by atoms with Gasteiger partial charge in [-0.15, -0.1) is 0 Å². The number of ether oxygens (including phenoxy) is 2. The van der Waals surface area contributed by atoms with E-state index >= 15 is 0 Å². The first kappa shape index (κ1) is 18.9. The first-order valence-electron chi connectivity index (χ1n) is 8.39. The fourth-order valence-electron chi connectivity index (χ4n) is 2.89. The third-order valence-corrected chi connectivity index (χ3v) is 5.95. The lowest BCUT2D eigenvalue weighted by Crippen LogP contribution is -2.37. The SMILES string of the molecule is CCOC(=O)[C@H]1OC(=O)N(S(=O)(=O)c2ccc(C)cc2)[C@@H]1c1ccccc1. The molecule has 1 aliphatic heterocycles. The molecule has 27 heavy (non-hydrogen) atoms. The number of carbonyl (C=O) groups excluding carboxylic acids is 2. The molecule has 0 aromatic heterocycles. The molecule has 1 aliphatic rings. The Balaban J connectivity index is 2.10. The molecule has 142 valence electrons. The Bertz CT molecular complexity index is 940. The average Bonchev–Trinajstić information content (AvgIpc) is 3.01. The highest BCUT2D eigenvalue weighted by atomic mass is 32.2. The van der Waals surface area contributed by atoms with Gasteiger partial charge in [0, 0.05) is 0 Å². The summed E-state index contributed by atoms with van der Waals surface area (Å²) in [6.45, 7) is 3.52. The molecule has 0 saturated carbocycles. The maximum absolute atomic E-state index is 13.1. The van der Waals surface area contributed by atoms with Crippen molar-refractivity contribution in [2.75, 3.05) is 6.61 Å². The first-order valence-corrected chi connectivity index (χ1v) is 9.83. The number of hydrogen-bond acceptors (Lipinski definition) is 6. The monoisotopic (exact) mass is 389 g/mol. The van der Waals surface area contributed by atoms with Crippen LogP contribution < -0.4 is 0 Å². The second-order valence-electron chi connectivity index (χ2n) is 6.03. The molecule has 0 bridgehead atoms. The Labute approximate surface area is 157 Å². The topological polar surface area (TPSA) is 90.0 Å². The van der Waals surface area contributed by atoms with Crippen molar-refractivity contribution >= 4 is 22.1 Å². The maximum Gasteiger partial charge on any atom is 0.425 e. The van der Waals surface area contributed by atoms with E-state index in [1.54, 1.807) is 49.4 Å². The molecule has 0 spiro atoms. The number of rotatable bonds is 5. The summed E-state index contributed by atoms with van der Waals surface area (Å²) in [4.78, 5) is 24.7. The highest BCUT2D eigenvalue weighted by Crippen LogP contribution is 2.38. The lowest BCUT2D eigenvalue weighted by atomic mass is 10.0. The summed E-state index contributed by atoms with van der Waals surface area (Å²) in [6.07, 6.45) is -2.48. The fourth-order valence-corrected chi connectivity index (χ4v) is 4.37. The molecular formula is C19H19NO6S. The van der Waals surface area contributed by atoms with Gasteiger partial charge in [-0.1, -0.05) is 48.0 Å². The van der Waals surface area contributed by atoms with Crippen LogP contribution in [0, 0.1) is 6.92 Å². The van der Waals surface area contributed by atoms with Crippen LogP contribution in [-0.4, -0.2) is 37.5 Å². The van der Waals surface area contributed by atoms with Gasteiger partial charge in [-0.05, 0) is 31.5 Å². The second kappa shape index (κ2) is 7.40. The highest BCUT2D eigenvalue weighted by molar-refractivity contribution is 7.89. The van der Waals surface area contributed by atoms with Crippen molar-refractivity contribution in [2.24, 2.45) is 0 Å². The molecule has 1 heterocycles. The number of benzene rings is 2. The Morgan fingerprint density at radius 1 is 1.11 bits per heavy atom. The van der Waals surface area contributed by atoms with Gasteiger partial charge >= 0.3 is 12.1 Å². The van der Waals surface area contributed by atoms with Crippen LogP contribution in [0.25, 0.3) is 0 Å². The predicted octanol–water partition coefficient (Wildman–Crippen LogP) is 2.81. The van der Waals surface area contributed by atoms with E-state index in [0.717, 1.165) is 5.56 Å². The van der Waals surface area contributed by atoms with E-state index in [-0.39, 0.29) is 11.5 Å². The number of esters is 1. The molecule has 0 N–H and O–H groups in total. The Morgan fingerprint density at radius 3 is 2.33 bits per heavy atom. The summed E-state index contributed by atoms with van der Waals surface area (Å²) in [6, 6.07) is 13.4. The standard InChI is InChI=1S/C19H19NO6S/c1-3-25-18(21)17-16(14-7-5-4-6-8-14)20(19(22)26-17)27(23,24)15-11-9-13(2)10-12-15/h4-12,16-17H,3H2,1-2H3/t16-,17+/m1/s1. The molecule has 0 radical (unpaired) electrons. The van der Waals surface area contributed by atoms with E-state index in [4.69, 9.17) is 9.47 Å². The van der Waals surface area contributed by atoms with E-state index in [1.165, 1.54) is 12.1 Å². The molecule has 2 aromatic carbocycles. The van der Waals surface area contributed by atoms with Crippen LogP contribution in [0.3, 0.4) is 0 Å². The first-order chi connectivity index (χ1) is 12.9. The van der Waals surface area contributed by atoms with Gasteiger partial charge < -0.3 is 9.47 Å². The fraction of sp³-hybridized carbons (Fsp3) is 0.263. The summed E-state index contributed by atoms with van der Waals surface area (Å²) in [7, 11) is -4.23. The summed E-state index contributed by atoms with van der Waals surface area (Å²) in [5.41, 5.74) is 1.33. The third kappa shape index (κ3) is 3.52. The van der Waals surface area contributed by atoms with Crippen LogP contribution in [0.2, 0.25) is 0 Å². The van der Waals surface area contributed by atoms with Crippen molar-refractivity contribution in [1.29, 1.82) is 0 Å². The Morgan fingerprint density at radius 2 is 1.74 bits per heavy atom. The van der Waals surface area contributed by atoms with Crippen molar-refractivity contribution in [3.05, 3.63) is 65.7 Å². The number of hydrogen-bond donors (Lipinski definition) is 0. The zero-order valence-electron chi connectivity index (χ0n) is 14.9. The predicted molar refractivity (Wildman–Crippen MR) is 96.3 cm³/mol. The normalized spacial score (nSPS) is 19.6. The van der Waals surface area contributed by atoms with Crippen molar-refractivity contribution in [1.82, 2.24) is 4.31 Å². The van der Waals surface area contributed by atoms with Gasteiger partial charge in [-0.3, -0.25) is 0 Å². The molecule has 0 unspecified atom stereocenters. The Kier molecular flexibility index (Phi) is 5.18. The molecule has 1 amide bonds. The van der Waals surface area contributed by atoms with Crippen LogP contribution in [0.1, 0.15) is 24.1 Å². The minimum Gasteiger partial charge on any atom is -0.463 e. The summed E-state index contributed by atoms with van der Waals surface area (Å²) in [5, 5.41) is 0. The summed E-state index contributed by atoms with van der Waals surface area (Å²) in [5.74, 6) is -0.790. The van der Waals surface area contributed by atoms with Crippen LogP contribution in [0.15, 0.2) is 59.5 Å². The lowest BCUT2D eigenvalue weighted by molar-refractivity contribution is -0.152. The minimum atomic E-state index is -4.23. The molecule has 1 fully saturated rings. The van der Waals surface area contributed by atoms with Gasteiger partial charge in [0.1, 0.15) is 6.04 Å². The number of cyclic esters (lactones) is 1. The molecule has 0 aliphatic carbocycles. The van der Waals surface area contributed by atoms with Crippen molar-refractivity contribution < 1.29 is 27.5 Å². The van der Waals surface area contributed by atoms with Gasteiger partial charge in [0.15, 0.2) is 0 Å². The van der Waals surface area contributed by atoms with E-state index < -0.39 is 34.2 Å².